The van der Waals surface area contributed by atoms with Gasteiger partial charge >= 0.3 is 5.97 Å². The standard InChI is InChI=1S/C8H13NO2/c1-6(2)8(10)11-7(3)9-4-5-9/h7H,1,4-5H2,2-3H3. The molecule has 3 nitrogen and oxygen atoms in total. The fraction of sp³-hybridized carbons (Fsp3) is 0.625. The fourth-order valence-electron chi connectivity index (χ4n) is 0.751. The van der Waals surface area contributed by atoms with Crippen LogP contribution in [0.1, 0.15) is 13.8 Å². The van der Waals surface area contributed by atoms with Crippen LogP contribution < -0.4 is 0 Å². The third-order valence-corrected chi connectivity index (χ3v) is 1.62. The van der Waals surface area contributed by atoms with E-state index in [0.29, 0.717) is 5.57 Å². The molecule has 11 heavy (non-hydrogen) atoms. The van der Waals surface area contributed by atoms with E-state index in [9.17, 15) is 4.79 Å². The molecule has 0 bridgehead atoms. The van der Waals surface area contributed by atoms with Gasteiger partial charge in [-0.15, -0.1) is 0 Å². The van der Waals surface area contributed by atoms with Crippen molar-refractivity contribution in [3.8, 4) is 0 Å². The minimum Gasteiger partial charge on any atom is -0.443 e. The Morgan fingerprint density at radius 1 is 1.64 bits per heavy atom. The van der Waals surface area contributed by atoms with Gasteiger partial charge in [0.2, 0.25) is 0 Å². The van der Waals surface area contributed by atoms with Gasteiger partial charge in [-0.2, -0.15) is 0 Å². The Kier molecular flexibility index (Phi) is 2.29. The molecule has 1 atom stereocenters. The Bertz CT molecular complexity index is 185. The van der Waals surface area contributed by atoms with Crippen LogP contribution in [0.4, 0.5) is 0 Å². The fourth-order valence-corrected chi connectivity index (χ4v) is 0.751. The lowest BCUT2D eigenvalue weighted by molar-refractivity contribution is -0.147. The molecule has 1 aliphatic heterocycles. The number of ether oxygens (including phenoxy) is 1. The summed E-state index contributed by atoms with van der Waals surface area (Å²) < 4.78 is 5.02. The molecule has 0 aromatic carbocycles. The average molecular weight is 155 g/mol. The van der Waals surface area contributed by atoms with E-state index >= 15 is 0 Å². The molecule has 0 aromatic rings. The Balaban J connectivity index is 2.28. The summed E-state index contributed by atoms with van der Waals surface area (Å²) in [6, 6.07) is 0. The number of carbonyl (C=O) groups excluding carboxylic acids is 1. The summed E-state index contributed by atoms with van der Waals surface area (Å²) in [5.41, 5.74) is 0.457. The summed E-state index contributed by atoms with van der Waals surface area (Å²) in [6.07, 6.45) is -0.0841. The first-order valence-electron chi connectivity index (χ1n) is 3.72. The molecule has 0 aromatic heterocycles. The summed E-state index contributed by atoms with van der Waals surface area (Å²) in [5, 5.41) is 0. The molecule has 0 aliphatic carbocycles. The smallest absolute Gasteiger partial charge is 0.334 e. The van der Waals surface area contributed by atoms with Gasteiger partial charge in [-0.05, 0) is 13.8 Å². The zero-order valence-electron chi connectivity index (χ0n) is 6.96. The van der Waals surface area contributed by atoms with Crippen LogP contribution in [-0.4, -0.2) is 30.2 Å². The van der Waals surface area contributed by atoms with Crippen molar-refractivity contribution in [1.29, 1.82) is 0 Å². The monoisotopic (exact) mass is 155 g/mol. The third-order valence-electron chi connectivity index (χ3n) is 1.62. The minimum absolute atomic E-state index is 0.0841. The minimum atomic E-state index is -0.301. The second-order valence-corrected chi connectivity index (χ2v) is 2.82. The van der Waals surface area contributed by atoms with Crippen molar-refractivity contribution in [2.75, 3.05) is 13.1 Å². The molecular formula is C8H13NO2. The van der Waals surface area contributed by atoms with Crippen LogP contribution in [0, 0.1) is 0 Å². The molecule has 1 heterocycles. The Hall–Kier alpha value is -0.830. The molecule has 3 heteroatoms. The van der Waals surface area contributed by atoms with Crippen molar-refractivity contribution < 1.29 is 9.53 Å². The number of esters is 1. The maximum absolute atomic E-state index is 10.9. The van der Waals surface area contributed by atoms with Gasteiger partial charge in [0.25, 0.3) is 0 Å². The van der Waals surface area contributed by atoms with Crippen molar-refractivity contribution >= 4 is 5.97 Å². The molecule has 1 fully saturated rings. The molecule has 1 unspecified atom stereocenters. The average Bonchev–Trinajstić information content (AvgIpc) is 2.67. The van der Waals surface area contributed by atoms with Gasteiger partial charge in [0.05, 0.1) is 0 Å². The lowest BCUT2D eigenvalue weighted by atomic mass is 10.4. The lowest BCUT2D eigenvalue weighted by Gasteiger charge is -2.12. The van der Waals surface area contributed by atoms with Gasteiger partial charge < -0.3 is 4.74 Å². The van der Waals surface area contributed by atoms with Crippen molar-refractivity contribution in [2.24, 2.45) is 0 Å². The normalized spacial score (nSPS) is 19.1. The number of carbonyl (C=O) groups is 1. The van der Waals surface area contributed by atoms with E-state index in [1.807, 2.05) is 6.92 Å². The van der Waals surface area contributed by atoms with E-state index in [1.54, 1.807) is 6.92 Å². The van der Waals surface area contributed by atoms with Crippen LogP contribution in [-0.2, 0) is 9.53 Å². The van der Waals surface area contributed by atoms with Crippen molar-refractivity contribution in [1.82, 2.24) is 4.90 Å². The summed E-state index contributed by atoms with van der Waals surface area (Å²) in [4.78, 5) is 13.0. The third kappa shape index (κ3) is 2.35. The van der Waals surface area contributed by atoms with Gasteiger partial charge in [0.15, 0.2) is 6.23 Å². The van der Waals surface area contributed by atoms with E-state index in [-0.39, 0.29) is 12.2 Å². The van der Waals surface area contributed by atoms with Crippen LogP contribution in [0.3, 0.4) is 0 Å². The quantitative estimate of drug-likeness (QED) is 0.342. The first-order chi connectivity index (χ1) is 5.11. The highest BCUT2D eigenvalue weighted by Gasteiger charge is 2.26. The molecule has 1 aliphatic rings. The van der Waals surface area contributed by atoms with Gasteiger partial charge in [-0.3, -0.25) is 4.90 Å². The van der Waals surface area contributed by atoms with E-state index in [4.69, 9.17) is 4.74 Å². The lowest BCUT2D eigenvalue weighted by Crippen LogP contribution is -2.22. The summed E-state index contributed by atoms with van der Waals surface area (Å²) in [6.45, 7) is 9.08. The zero-order valence-corrected chi connectivity index (χ0v) is 6.96. The molecule has 0 spiro atoms. The van der Waals surface area contributed by atoms with E-state index in [0.717, 1.165) is 13.1 Å². The van der Waals surface area contributed by atoms with Crippen LogP contribution in [0.2, 0.25) is 0 Å². The summed E-state index contributed by atoms with van der Waals surface area (Å²) >= 11 is 0. The molecule has 0 radical (unpaired) electrons. The molecule has 1 saturated heterocycles. The molecule has 0 saturated carbocycles. The first kappa shape index (κ1) is 8.27. The highest BCUT2D eigenvalue weighted by Crippen LogP contribution is 2.12. The summed E-state index contributed by atoms with van der Waals surface area (Å²) in [5.74, 6) is -0.301. The van der Waals surface area contributed by atoms with Gasteiger partial charge in [-0.1, -0.05) is 6.58 Å². The van der Waals surface area contributed by atoms with Gasteiger partial charge in [0.1, 0.15) is 0 Å². The molecule has 0 N–H and O–H groups in total. The number of nitrogens with zero attached hydrogens (tertiary/aromatic N) is 1. The van der Waals surface area contributed by atoms with E-state index < -0.39 is 0 Å². The molecule has 0 amide bonds. The van der Waals surface area contributed by atoms with Gasteiger partial charge in [0, 0.05) is 18.7 Å². The Morgan fingerprint density at radius 2 is 2.18 bits per heavy atom. The molecule has 1 rings (SSSR count). The number of hydrogen-bond donors (Lipinski definition) is 0. The van der Waals surface area contributed by atoms with Crippen molar-refractivity contribution in [2.45, 2.75) is 20.1 Å². The largest absolute Gasteiger partial charge is 0.443 e. The topological polar surface area (TPSA) is 29.3 Å². The first-order valence-corrected chi connectivity index (χ1v) is 3.72. The van der Waals surface area contributed by atoms with Crippen LogP contribution in [0.15, 0.2) is 12.2 Å². The Labute approximate surface area is 66.6 Å². The Morgan fingerprint density at radius 3 is 2.55 bits per heavy atom. The molecule has 62 valence electrons. The van der Waals surface area contributed by atoms with Gasteiger partial charge in [-0.25, -0.2) is 4.79 Å². The van der Waals surface area contributed by atoms with Crippen LogP contribution in [0.25, 0.3) is 0 Å². The second-order valence-electron chi connectivity index (χ2n) is 2.82. The SMILES string of the molecule is C=C(C)C(=O)OC(C)N1CC1. The maximum atomic E-state index is 10.9. The van der Waals surface area contributed by atoms with Crippen molar-refractivity contribution in [3.63, 3.8) is 0 Å². The highest BCUT2D eigenvalue weighted by atomic mass is 16.6. The van der Waals surface area contributed by atoms with E-state index in [1.165, 1.54) is 0 Å². The van der Waals surface area contributed by atoms with Crippen LogP contribution in [0.5, 0.6) is 0 Å². The number of hydrogen-bond acceptors (Lipinski definition) is 3. The van der Waals surface area contributed by atoms with Crippen molar-refractivity contribution in [3.05, 3.63) is 12.2 Å². The highest BCUT2D eigenvalue weighted by molar-refractivity contribution is 5.87. The van der Waals surface area contributed by atoms with Crippen LogP contribution >= 0.6 is 0 Å². The zero-order chi connectivity index (χ0) is 8.43. The molecular weight excluding hydrogens is 142 g/mol. The predicted octanol–water partition coefficient (Wildman–Crippen LogP) is 0.767. The maximum Gasteiger partial charge on any atom is 0.334 e. The van der Waals surface area contributed by atoms with E-state index in [2.05, 4.69) is 11.5 Å². The number of rotatable bonds is 3. The predicted molar refractivity (Wildman–Crippen MR) is 41.9 cm³/mol. The summed E-state index contributed by atoms with van der Waals surface area (Å²) in [7, 11) is 0. The second kappa shape index (κ2) is 3.05.